The minimum Gasteiger partial charge on any atom is -0.494 e. The molecule has 0 bridgehead atoms. The molecule has 3 aromatic rings. The maximum atomic E-state index is 16.0. The first-order valence-corrected chi connectivity index (χ1v) is 15.5. The third kappa shape index (κ3) is 12.8. The first kappa shape index (κ1) is 42.8. The number of aromatic nitrogens is 1. The third-order valence-electron chi connectivity index (χ3n) is 6.93. The number of nitrogen functional groups attached to an aromatic ring is 1. The standard InChI is InChI=1S/C29H36FN5O3.2C2HF3O2/c1-4-37-24-15-25(28(30)26(16-24)38-19(2)3)35(22-12-10-20(11-13-22)29(31)32)17-21-7-5-9-27(33-21)34-14-6-8-23(34)18-36;2*3-2(4,5)1(6)7/h5,7,9-13,15-16,19,23,36H,4,6,8,14,17-18H2,1-3H3,(H3,31,32);2*(H,6,7)/t23-;;/m1../s1. The van der Waals surface area contributed by atoms with Crippen LogP contribution < -0.4 is 25.0 Å². The second kappa shape index (κ2) is 18.8. The van der Waals surface area contributed by atoms with E-state index in [2.05, 4.69) is 4.90 Å². The van der Waals surface area contributed by atoms with Crippen molar-refractivity contribution in [3.05, 3.63) is 71.7 Å². The first-order valence-electron chi connectivity index (χ1n) is 15.5. The molecule has 0 saturated carbocycles. The zero-order chi connectivity index (χ0) is 39.4. The van der Waals surface area contributed by atoms with Gasteiger partial charge in [0.1, 0.15) is 17.4 Å². The predicted octanol–water partition coefficient (Wildman–Crippen LogP) is 6.26. The Labute approximate surface area is 293 Å². The van der Waals surface area contributed by atoms with Gasteiger partial charge in [-0.2, -0.15) is 26.3 Å². The number of rotatable bonds is 11. The Morgan fingerprint density at radius 2 is 1.62 bits per heavy atom. The van der Waals surface area contributed by atoms with Crippen LogP contribution in [0.3, 0.4) is 0 Å². The average Bonchev–Trinajstić information content (AvgIpc) is 3.54. The minimum atomic E-state index is -5.08. The molecule has 4 rings (SSSR count). The van der Waals surface area contributed by atoms with Crippen molar-refractivity contribution in [2.24, 2.45) is 5.73 Å². The largest absolute Gasteiger partial charge is 0.494 e. The number of aliphatic carboxylic acids is 2. The van der Waals surface area contributed by atoms with E-state index in [1.807, 2.05) is 43.9 Å². The number of carbonyl (C=O) groups is 2. The second-order valence-corrected chi connectivity index (χ2v) is 11.2. The van der Waals surface area contributed by atoms with Gasteiger partial charge in [0, 0.05) is 29.9 Å². The van der Waals surface area contributed by atoms with Crippen molar-refractivity contribution in [2.75, 3.05) is 29.6 Å². The number of pyridine rings is 1. The van der Waals surface area contributed by atoms with Gasteiger partial charge < -0.3 is 40.3 Å². The van der Waals surface area contributed by atoms with Crippen molar-refractivity contribution in [1.82, 2.24) is 4.98 Å². The van der Waals surface area contributed by atoms with Crippen molar-refractivity contribution in [3.63, 3.8) is 0 Å². The molecule has 19 heteroatoms. The summed E-state index contributed by atoms with van der Waals surface area (Å²) < 4.78 is 91.0. The zero-order valence-electron chi connectivity index (χ0n) is 28.1. The topological polar surface area (TPSA) is 183 Å². The Balaban J connectivity index is 0.000000564. The number of amidine groups is 1. The molecule has 1 aliphatic rings. The van der Waals surface area contributed by atoms with Gasteiger partial charge in [-0.25, -0.2) is 19.0 Å². The van der Waals surface area contributed by atoms with Gasteiger partial charge in [-0.1, -0.05) is 6.07 Å². The number of halogens is 7. The molecule has 6 N–H and O–H groups in total. The van der Waals surface area contributed by atoms with Crippen LogP contribution in [-0.2, 0) is 16.1 Å². The van der Waals surface area contributed by atoms with Crippen LogP contribution in [0.15, 0.2) is 54.6 Å². The summed E-state index contributed by atoms with van der Waals surface area (Å²) in [7, 11) is 0. The highest BCUT2D eigenvalue weighted by Gasteiger charge is 2.39. The molecule has 0 aliphatic carbocycles. The van der Waals surface area contributed by atoms with E-state index < -0.39 is 30.1 Å². The van der Waals surface area contributed by atoms with Gasteiger partial charge in [0.15, 0.2) is 11.6 Å². The van der Waals surface area contributed by atoms with Crippen molar-refractivity contribution in [3.8, 4) is 11.5 Å². The number of nitrogens with zero attached hydrogens (tertiary/aromatic N) is 3. The fourth-order valence-electron chi connectivity index (χ4n) is 4.69. The molecule has 2 heterocycles. The lowest BCUT2D eigenvalue weighted by molar-refractivity contribution is -0.193. The van der Waals surface area contributed by atoms with Crippen LogP contribution in [0.1, 0.15) is 44.9 Å². The molecule has 286 valence electrons. The summed E-state index contributed by atoms with van der Waals surface area (Å²) in [4.78, 5) is 26.6. The Morgan fingerprint density at radius 1 is 1.04 bits per heavy atom. The number of aliphatic hydroxyl groups is 1. The van der Waals surface area contributed by atoms with Gasteiger partial charge in [0.05, 0.1) is 43.3 Å². The Morgan fingerprint density at radius 3 is 2.10 bits per heavy atom. The molecule has 0 unspecified atom stereocenters. The number of carboxylic acids is 2. The molecular weight excluding hydrogens is 711 g/mol. The van der Waals surface area contributed by atoms with E-state index in [0.29, 0.717) is 23.6 Å². The SMILES string of the molecule is CCOc1cc(OC(C)C)c(F)c(N(Cc2cccc(N3CCC[C@@H]3CO)n2)c2ccc(C(=N)N)cc2)c1.O=C(O)C(F)(F)F.O=C(O)C(F)(F)F. The molecule has 52 heavy (non-hydrogen) atoms. The molecule has 1 fully saturated rings. The number of hydrogen-bond donors (Lipinski definition) is 5. The van der Waals surface area contributed by atoms with E-state index in [-0.39, 0.29) is 42.6 Å². The lowest BCUT2D eigenvalue weighted by Gasteiger charge is -2.28. The molecule has 1 aliphatic heterocycles. The maximum absolute atomic E-state index is 16.0. The average molecular weight is 750 g/mol. The normalized spacial score (nSPS) is 14.1. The highest BCUT2D eigenvalue weighted by atomic mass is 19.4. The first-order chi connectivity index (χ1) is 24.2. The third-order valence-corrected chi connectivity index (χ3v) is 6.93. The summed E-state index contributed by atoms with van der Waals surface area (Å²) >= 11 is 0. The number of nitrogens with one attached hydrogen (secondary N) is 1. The van der Waals surface area contributed by atoms with Crippen molar-refractivity contribution >= 4 is 35.0 Å². The van der Waals surface area contributed by atoms with Crippen LogP contribution in [0.5, 0.6) is 11.5 Å². The highest BCUT2D eigenvalue weighted by molar-refractivity contribution is 5.95. The second-order valence-electron chi connectivity index (χ2n) is 11.2. The summed E-state index contributed by atoms with van der Waals surface area (Å²) in [5, 5.41) is 31.8. The number of alkyl halides is 6. The molecule has 0 amide bonds. The van der Waals surface area contributed by atoms with E-state index >= 15 is 4.39 Å². The number of anilines is 3. The van der Waals surface area contributed by atoms with E-state index in [1.165, 1.54) is 0 Å². The quantitative estimate of drug-likeness (QED) is 0.0848. The summed E-state index contributed by atoms with van der Waals surface area (Å²) in [6.07, 6.45) is -8.47. The molecule has 12 nitrogen and oxygen atoms in total. The zero-order valence-corrected chi connectivity index (χ0v) is 28.1. The Hall–Kier alpha value is -5.33. The Bertz CT molecular complexity index is 1630. The van der Waals surface area contributed by atoms with Crippen molar-refractivity contribution < 1.29 is 65.1 Å². The maximum Gasteiger partial charge on any atom is 0.490 e. The van der Waals surface area contributed by atoms with Gasteiger partial charge in [0.25, 0.3) is 0 Å². The molecule has 0 spiro atoms. The molecule has 1 saturated heterocycles. The van der Waals surface area contributed by atoms with Gasteiger partial charge in [-0.15, -0.1) is 0 Å². The summed E-state index contributed by atoms with van der Waals surface area (Å²) in [6, 6.07) is 16.1. The van der Waals surface area contributed by atoms with Gasteiger partial charge in [-0.3, -0.25) is 5.41 Å². The predicted molar refractivity (Wildman–Crippen MR) is 176 cm³/mol. The van der Waals surface area contributed by atoms with Crippen LogP contribution in [0.4, 0.5) is 47.9 Å². The van der Waals surface area contributed by atoms with Gasteiger partial charge >= 0.3 is 24.3 Å². The summed E-state index contributed by atoms with van der Waals surface area (Å²) in [5.74, 6) is -4.67. The van der Waals surface area contributed by atoms with Crippen LogP contribution in [0.2, 0.25) is 0 Å². The van der Waals surface area contributed by atoms with Crippen LogP contribution >= 0.6 is 0 Å². The molecule has 1 atom stereocenters. The van der Waals surface area contributed by atoms with E-state index in [1.54, 1.807) is 36.4 Å². The van der Waals surface area contributed by atoms with Crippen molar-refractivity contribution in [1.29, 1.82) is 5.41 Å². The number of aliphatic hydroxyl groups excluding tert-OH is 1. The van der Waals surface area contributed by atoms with Gasteiger partial charge in [0.2, 0.25) is 0 Å². The number of carboxylic acid groups (broad SMARTS) is 2. The number of hydrogen-bond acceptors (Lipinski definition) is 9. The fourth-order valence-corrected chi connectivity index (χ4v) is 4.69. The van der Waals surface area contributed by atoms with E-state index in [9.17, 15) is 31.4 Å². The number of benzene rings is 2. The minimum absolute atomic E-state index is 0.0429. The molecular formula is C33H38F7N5O7. The smallest absolute Gasteiger partial charge is 0.490 e. The molecule has 2 aromatic carbocycles. The van der Waals surface area contributed by atoms with Crippen LogP contribution in [0.25, 0.3) is 0 Å². The monoisotopic (exact) mass is 749 g/mol. The van der Waals surface area contributed by atoms with E-state index in [4.69, 9.17) is 45.4 Å². The van der Waals surface area contributed by atoms with Crippen LogP contribution in [0, 0.1) is 11.2 Å². The number of nitrogens with two attached hydrogens (primary N) is 1. The van der Waals surface area contributed by atoms with Crippen LogP contribution in [-0.4, -0.2) is 82.3 Å². The molecule has 0 radical (unpaired) electrons. The number of ether oxygens (including phenoxy) is 2. The van der Waals surface area contributed by atoms with Crippen molar-refractivity contribution in [2.45, 2.75) is 64.7 Å². The highest BCUT2D eigenvalue weighted by Crippen LogP contribution is 2.38. The fraction of sp³-hybridized carbons (Fsp3) is 0.394. The van der Waals surface area contributed by atoms with Gasteiger partial charge in [-0.05, 0) is 70.0 Å². The van der Waals surface area contributed by atoms with E-state index in [0.717, 1.165) is 30.9 Å². The Kier molecular flexibility index (Phi) is 15.5. The summed E-state index contributed by atoms with van der Waals surface area (Å²) in [6.45, 7) is 7.16. The lowest BCUT2D eigenvalue weighted by Crippen LogP contribution is -2.33. The lowest BCUT2D eigenvalue weighted by atomic mass is 10.1. The summed E-state index contributed by atoms with van der Waals surface area (Å²) in [5.41, 5.74) is 7.94. The molecule has 1 aromatic heterocycles.